The number of carbonyl (C=O) groups excluding carboxylic acids is 1. The molecule has 0 saturated heterocycles. The average molecular weight is 473 g/mol. The Hall–Kier alpha value is -2.85. The number of nitrogens with one attached hydrogen (secondary N) is 1. The summed E-state index contributed by atoms with van der Waals surface area (Å²) < 4.78 is 3.51. The van der Waals surface area contributed by atoms with Gasteiger partial charge in [0, 0.05) is 18.1 Å². The molecule has 0 aliphatic carbocycles. The van der Waals surface area contributed by atoms with Crippen LogP contribution in [0.3, 0.4) is 0 Å². The molecule has 1 aromatic carbocycles. The number of aryl methyl sites for hydroxylation is 2. The molecule has 8 nitrogen and oxygen atoms in total. The van der Waals surface area contributed by atoms with E-state index in [1.807, 2.05) is 36.6 Å². The number of nitrogens with zero attached hydrogens (tertiary/aromatic N) is 5. The van der Waals surface area contributed by atoms with Gasteiger partial charge in [-0.25, -0.2) is 14.6 Å². The third-order valence-corrected chi connectivity index (χ3v) is 5.80. The topological polar surface area (TPSA) is 94.7 Å². The van der Waals surface area contributed by atoms with Crippen molar-refractivity contribution in [2.45, 2.75) is 19.9 Å². The highest BCUT2D eigenvalue weighted by Gasteiger charge is 2.15. The summed E-state index contributed by atoms with van der Waals surface area (Å²) in [5.41, 5.74) is 2.92. The molecule has 0 aliphatic heterocycles. The molecule has 10 heteroatoms. The van der Waals surface area contributed by atoms with Gasteiger partial charge in [0.15, 0.2) is 5.65 Å². The lowest BCUT2D eigenvalue weighted by molar-refractivity contribution is -0.115. The van der Waals surface area contributed by atoms with E-state index < -0.39 is 0 Å². The van der Waals surface area contributed by atoms with Crippen LogP contribution in [-0.4, -0.2) is 30.2 Å². The summed E-state index contributed by atoms with van der Waals surface area (Å²) in [7, 11) is 1.73. The summed E-state index contributed by atoms with van der Waals surface area (Å²) in [5.74, 6) is -0.130. The van der Waals surface area contributed by atoms with Gasteiger partial charge in [0.05, 0.1) is 18.7 Å². The lowest BCUT2D eigenvalue weighted by Gasteiger charge is -2.04. The van der Waals surface area contributed by atoms with E-state index in [1.165, 1.54) is 22.2 Å². The van der Waals surface area contributed by atoms with E-state index in [4.69, 9.17) is 0 Å². The number of amides is 1. The van der Waals surface area contributed by atoms with Crippen molar-refractivity contribution >= 4 is 49.9 Å². The first-order valence-corrected chi connectivity index (χ1v) is 10.5. The van der Waals surface area contributed by atoms with Gasteiger partial charge in [-0.3, -0.25) is 14.2 Å². The first kappa shape index (κ1) is 19.5. The number of hydrogen-bond donors (Lipinski definition) is 1. The zero-order chi connectivity index (χ0) is 20.5. The Kier molecular flexibility index (Phi) is 5.29. The number of aromatic nitrogens is 5. The normalized spacial score (nSPS) is 11.1. The van der Waals surface area contributed by atoms with Crippen molar-refractivity contribution in [2.75, 3.05) is 5.32 Å². The molecular weight excluding hydrogens is 456 g/mol. The summed E-state index contributed by atoms with van der Waals surface area (Å²) in [5, 5.41) is 10.0. The Balaban J connectivity index is 1.47. The number of hydrogen-bond acceptors (Lipinski definition) is 6. The van der Waals surface area contributed by atoms with E-state index >= 15 is 0 Å². The van der Waals surface area contributed by atoms with Gasteiger partial charge < -0.3 is 5.32 Å². The van der Waals surface area contributed by atoms with Gasteiger partial charge in [-0.1, -0.05) is 17.7 Å². The number of rotatable bonds is 5. The summed E-state index contributed by atoms with van der Waals surface area (Å²) >= 11 is 4.70. The highest BCUT2D eigenvalue weighted by atomic mass is 79.9. The molecule has 4 aromatic rings. The van der Waals surface area contributed by atoms with Crippen molar-refractivity contribution < 1.29 is 4.79 Å². The number of benzene rings is 1. The van der Waals surface area contributed by atoms with Crippen LogP contribution in [-0.2, 0) is 24.8 Å². The van der Waals surface area contributed by atoms with Crippen molar-refractivity contribution in [3.63, 3.8) is 0 Å². The second-order valence-corrected chi connectivity index (χ2v) is 8.31. The van der Waals surface area contributed by atoms with E-state index in [0.717, 1.165) is 11.3 Å². The molecule has 0 aliphatic rings. The molecule has 0 spiro atoms. The zero-order valence-corrected chi connectivity index (χ0v) is 18.1. The molecule has 0 fully saturated rings. The minimum absolute atomic E-state index is 0.130. The maximum atomic E-state index is 12.7. The van der Waals surface area contributed by atoms with E-state index in [9.17, 15) is 9.59 Å². The molecule has 4 rings (SSSR count). The fourth-order valence-corrected chi connectivity index (χ4v) is 4.27. The molecule has 3 heterocycles. The molecular formula is C19H17BrN6O2S. The van der Waals surface area contributed by atoms with E-state index in [2.05, 4.69) is 36.3 Å². The van der Waals surface area contributed by atoms with Gasteiger partial charge in [0.1, 0.15) is 21.3 Å². The Morgan fingerprint density at radius 3 is 2.79 bits per heavy atom. The highest BCUT2D eigenvalue weighted by molar-refractivity contribution is 9.10. The molecule has 0 bridgehead atoms. The monoisotopic (exact) mass is 472 g/mol. The quantitative estimate of drug-likeness (QED) is 0.481. The van der Waals surface area contributed by atoms with Crippen LogP contribution in [0.15, 0.2) is 45.4 Å². The summed E-state index contributed by atoms with van der Waals surface area (Å²) in [4.78, 5) is 33.8. The third-order valence-electron chi connectivity index (χ3n) is 4.35. The lowest BCUT2D eigenvalue weighted by Crippen LogP contribution is -2.21. The smallest absolute Gasteiger partial charge is 0.266 e. The van der Waals surface area contributed by atoms with E-state index in [1.54, 1.807) is 11.7 Å². The standard InChI is InChI=1S/C19H17BrN6O2S/c1-11-3-5-12(6-4-11)22-14(27)7-15-23-13(9-29-15)8-26-10-21-18-16(19(26)28)17(20)24-25(18)2/h3-6,9-10H,7-8H2,1-2H3,(H,22,27). The van der Waals surface area contributed by atoms with Crippen molar-refractivity contribution in [3.8, 4) is 0 Å². The second kappa shape index (κ2) is 7.88. The summed E-state index contributed by atoms with van der Waals surface area (Å²) in [6, 6.07) is 7.62. The molecule has 0 atom stereocenters. The average Bonchev–Trinajstić information content (AvgIpc) is 3.23. The zero-order valence-electron chi connectivity index (χ0n) is 15.7. The Morgan fingerprint density at radius 1 is 1.28 bits per heavy atom. The van der Waals surface area contributed by atoms with Crippen LogP contribution < -0.4 is 10.9 Å². The summed E-state index contributed by atoms with van der Waals surface area (Å²) in [6.45, 7) is 2.27. The largest absolute Gasteiger partial charge is 0.326 e. The minimum atomic E-state index is -0.193. The predicted octanol–water partition coefficient (Wildman–Crippen LogP) is 2.89. The van der Waals surface area contributed by atoms with Gasteiger partial charge in [-0.2, -0.15) is 5.10 Å². The van der Waals surface area contributed by atoms with Crippen molar-refractivity contribution in [1.82, 2.24) is 24.3 Å². The first-order valence-electron chi connectivity index (χ1n) is 8.78. The molecule has 1 amide bonds. The fraction of sp³-hybridized carbons (Fsp3) is 0.211. The summed E-state index contributed by atoms with van der Waals surface area (Å²) in [6.07, 6.45) is 1.67. The van der Waals surface area contributed by atoms with Gasteiger partial charge in [-0.15, -0.1) is 11.3 Å². The highest BCUT2D eigenvalue weighted by Crippen LogP contribution is 2.18. The van der Waals surface area contributed by atoms with Crippen LogP contribution >= 0.6 is 27.3 Å². The van der Waals surface area contributed by atoms with Crippen LogP contribution in [0.5, 0.6) is 0 Å². The number of fused-ring (bicyclic) bond motifs is 1. The minimum Gasteiger partial charge on any atom is -0.326 e. The van der Waals surface area contributed by atoms with Crippen LogP contribution in [0.1, 0.15) is 16.3 Å². The predicted molar refractivity (Wildman–Crippen MR) is 115 cm³/mol. The maximum absolute atomic E-state index is 12.7. The van der Waals surface area contributed by atoms with Gasteiger partial charge in [0.25, 0.3) is 5.56 Å². The Labute approximate surface area is 178 Å². The van der Waals surface area contributed by atoms with E-state index in [0.29, 0.717) is 26.3 Å². The van der Waals surface area contributed by atoms with Crippen LogP contribution in [0.2, 0.25) is 0 Å². The molecule has 0 unspecified atom stereocenters. The van der Waals surface area contributed by atoms with Gasteiger partial charge in [-0.05, 0) is 35.0 Å². The maximum Gasteiger partial charge on any atom is 0.266 e. The fourth-order valence-electron chi connectivity index (χ4n) is 2.90. The van der Waals surface area contributed by atoms with Crippen LogP contribution in [0.25, 0.3) is 11.0 Å². The lowest BCUT2D eigenvalue weighted by atomic mass is 10.2. The SMILES string of the molecule is Cc1ccc(NC(=O)Cc2nc(Cn3cnc4c(c(Br)nn4C)c3=O)cs2)cc1. The molecule has 3 aromatic heterocycles. The molecule has 1 N–H and O–H groups in total. The number of halogens is 1. The van der Waals surface area contributed by atoms with Crippen LogP contribution in [0.4, 0.5) is 5.69 Å². The number of carbonyl (C=O) groups is 1. The van der Waals surface area contributed by atoms with Crippen molar-refractivity contribution in [1.29, 1.82) is 0 Å². The van der Waals surface area contributed by atoms with Gasteiger partial charge in [0.2, 0.25) is 5.91 Å². The third kappa shape index (κ3) is 4.13. The van der Waals surface area contributed by atoms with Crippen molar-refractivity contribution in [2.24, 2.45) is 7.05 Å². The van der Waals surface area contributed by atoms with Crippen LogP contribution in [0, 0.1) is 6.92 Å². The Bertz CT molecular complexity index is 1260. The van der Waals surface area contributed by atoms with E-state index in [-0.39, 0.29) is 24.4 Å². The van der Waals surface area contributed by atoms with Gasteiger partial charge >= 0.3 is 0 Å². The first-order chi connectivity index (χ1) is 13.9. The number of anilines is 1. The van der Waals surface area contributed by atoms with Crippen molar-refractivity contribution in [3.05, 3.63) is 67.2 Å². The molecule has 29 heavy (non-hydrogen) atoms. The molecule has 0 saturated carbocycles. The Morgan fingerprint density at radius 2 is 2.03 bits per heavy atom. The second-order valence-electron chi connectivity index (χ2n) is 6.61. The molecule has 148 valence electrons. The molecule has 0 radical (unpaired) electrons. The number of thiazole rings is 1.